The molecule has 3 aromatic carbocycles. The van der Waals surface area contributed by atoms with E-state index < -0.39 is 29.5 Å². The summed E-state index contributed by atoms with van der Waals surface area (Å²) in [5, 5.41) is 11.6. The fourth-order valence-electron chi connectivity index (χ4n) is 4.42. The molecule has 1 aliphatic heterocycles. The first-order valence-corrected chi connectivity index (χ1v) is 11.6. The molecule has 1 heterocycles. The Morgan fingerprint density at radius 1 is 0.892 bits per heavy atom. The minimum absolute atomic E-state index is 0.145. The number of aliphatic hydroxyl groups is 1. The van der Waals surface area contributed by atoms with Gasteiger partial charge in [0, 0.05) is 12.6 Å². The van der Waals surface area contributed by atoms with E-state index in [0.29, 0.717) is 11.3 Å². The second-order valence-electron chi connectivity index (χ2n) is 8.64. The topological polar surface area (TPSA) is 102 Å². The quantitative estimate of drug-likeness (QED) is 0.169. The highest BCUT2D eigenvalue weighted by Gasteiger charge is 2.47. The molecular weight excluding hydrogens is 474 g/mol. The summed E-state index contributed by atoms with van der Waals surface area (Å²) >= 11 is 0. The molecule has 8 nitrogen and oxygen atoms in total. The Morgan fingerprint density at radius 3 is 2.14 bits per heavy atom. The highest BCUT2D eigenvalue weighted by Crippen LogP contribution is 2.45. The third kappa shape index (κ3) is 4.65. The minimum atomic E-state index is -1.02. The number of nitrogens with zero attached hydrogens (tertiary/aromatic N) is 1. The summed E-state index contributed by atoms with van der Waals surface area (Å²) in [7, 11) is 2.86. The van der Waals surface area contributed by atoms with Crippen LogP contribution in [-0.2, 0) is 14.4 Å². The average molecular weight is 502 g/mol. The van der Waals surface area contributed by atoms with Crippen LogP contribution in [0.3, 0.4) is 0 Å². The Bertz CT molecular complexity index is 1420. The van der Waals surface area contributed by atoms with Gasteiger partial charge in [-0.3, -0.25) is 19.3 Å². The van der Waals surface area contributed by atoms with Gasteiger partial charge in [0.1, 0.15) is 28.6 Å². The standard InChI is InChI=1S/C29H27NO7/c1-16-12-13-20(14-17(16)2)30-26(19-8-6-9-21(15-19)37-18(3)31)25(28(33)29(30)34)27(32)24-22(35-4)10-7-11-23(24)36-5/h6-15,26,32H,1-5H3/b27-25+. The van der Waals surface area contributed by atoms with Crippen molar-refractivity contribution in [2.24, 2.45) is 0 Å². The van der Waals surface area contributed by atoms with Crippen LogP contribution in [0.5, 0.6) is 17.2 Å². The highest BCUT2D eigenvalue weighted by atomic mass is 16.5. The number of ketones is 1. The first kappa shape index (κ1) is 25.5. The molecule has 0 aromatic heterocycles. The molecule has 190 valence electrons. The van der Waals surface area contributed by atoms with Crippen LogP contribution in [0.15, 0.2) is 66.2 Å². The van der Waals surface area contributed by atoms with Crippen molar-refractivity contribution in [1.29, 1.82) is 0 Å². The van der Waals surface area contributed by atoms with E-state index in [1.807, 2.05) is 26.0 Å². The number of benzene rings is 3. The second kappa shape index (κ2) is 10.2. The van der Waals surface area contributed by atoms with Gasteiger partial charge in [0.25, 0.3) is 11.7 Å². The summed E-state index contributed by atoms with van der Waals surface area (Å²) in [6.45, 7) is 5.13. The van der Waals surface area contributed by atoms with E-state index in [1.54, 1.807) is 48.5 Å². The van der Waals surface area contributed by atoms with Crippen molar-refractivity contribution >= 4 is 29.1 Å². The molecule has 1 amide bonds. The van der Waals surface area contributed by atoms with Crippen LogP contribution in [0.2, 0.25) is 0 Å². The van der Waals surface area contributed by atoms with E-state index in [9.17, 15) is 19.5 Å². The molecule has 37 heavy (non-hydrogen) atoms. The second-order valence-corrected chi connectivity index (χ2v) is 8.64. The molecule has 1 atom stereocenters. The Labute approximate surface area is 214 Å². The van der Waals surface area contributed by atoms with Crippen LogP contribution in [0.25, 0.3) is 5.76 Å². The number of methoxy groups -OCH3 is 2. The fourth-order valence-corrected chi connectivity index (χ4v) is 4.42. The number of hydrogen-bond acceptors (Lipinski definition) is 7. The minimum Gasteiger partial charge on any atom is -0.506 e. The molecule has 1 fully saturated rings. The summed E-state index contributed by atoms with van der Waals surface area (Å²) in [4.78, 5) is 39.9. The number of ether oxygens (including phenoxy) is 3. The summed E-state index contributed by atoms with van der Waals surface area (Å²) < 4.78 is 16.1. The number of rotatable bonds is 6. The lowest BCUT2D eigenvalue weighted by atomic mass is 9.94. The maximum Gasteiger partial charge on any atom is 0.308 e. The molecule has 8 heteroatoms. The van der Waals surface area contributed by atoms with Gasteiger partial charge in [-0.15, -0.1) is 0 Å². The number of hydrogen-bond donors (Lipinski definition) is 1. The summed E-state index contributed by atoms with van der Waals surface area (Å²) in [5.41, 5.74) is 2.90. The first-order valence-electron chi connectivity index (χ1n) is 11.6. The van der Waals surface area contributed by atoms with Crippen molar-refractivity contribution in [1.82, 2.24) is 0 Å². The van der Waals surface area contributed by atoms with Crippen LogP contribution in [0.4, 0.5) is 5.69 Å². The highest BCUT2D eigenvalue weighted by molar-refractivity contribution is 6.51. The zero-order valence-electron chi connectivity index (χ0n) is 21.2. The monoisotopic (exact) mass is 501 g/mol. The molecule has 0 radical (unpaired) electrons. The number of amides is 1. The zero-order chi connectivity index (χ0) is 26.9. The first-order chi connectivity index (χ1) is 17.7. The fraction of sp³-hybridized carbons (Fsp3) is 0.207. The molecule has 1 unspecified atom stereocenters. The lowest BCUT2D eigenvalue weighted by molar-refractivity contribution is -0.132. The lowest BCUT2D eigenvalue weighted by Gasteiger charge is -2.26. The van der Waals surface area contributed by atoms with Gasteiger partial charge in [-0.2, -0.15) is 0 Å². The molecule has 0 spiro atoms. The van der Waals surface area contributed by atoms with E-state index >= 15 is 0 Å². The Morgan fingerprint density at radius 2 is 1.54 bits per heavy atom. The van der Waals surface area contributed by atoms with Gasteiger partial charge in [-0.1, -0.05) is 24.3 Å². The van der Waals surface area contributed by atoms with Crippen molar-refractivity contribution in [2.75, 3.05) is 19.1 Å². The van der Waals surface area contributed by atoms with Crippen molar-refractivity contribution in [3.8, 4) is 17.2 Å². The van der Waals surface area contributed by atoms with Gasteiger partial charge in [-0.25, -0.2) is 0 Å². The van der Waals surface area contributed by atoms with Gasteiger partial charge >= 0.3 is 5.97 Å². The van der Waals surface area contributed by atoms with E-state index in [4.69, 9.17) is 14.2 Å². The van der Waals surface area contributed by atoms with Crippen LogP contribution in [0.1, 0.15) is 35.2 Å². The van der Waals surface area contributed by atoms with Crippen molar-refractivity contribution in [3.63, 3.8) is 0 Å². The van der Waals surface area contributed by atoms with E-state index in [-0.39, 0.29) is 28.4 Å². The molecule has 0 bridgehead atoms. The van der Waals surface area contributed by atoms with Gasteiger partial charge in [0.05, 0.1) is 25.8 Å². The van der Waals surface area contributed by atoms with Crippen molar-refractivity contribution < 1.29 is 33.7 Å². The summed E-state index contributed by atoms with van der Waals surface area (Å²) in [5.74, 6) is -1.86. The predicted octanol–water partition coefficient (Wildman–Crippen LogP) is 4.87. The van der Waals surface area contributed by atoms with Crippen LogP contribution >= 0.6 is 0 Å². The Kier molecular flexibility index (Phi) is 7.02. The molecular formula is C29H27NO7. The number of aryl methyl sites for hydroxylation is 2. The predicted molar refractivity (Wildman–Crippen MR) is 138 cm³/mol. The molecule has 1 saturated heterocycles. The number of anilines is 1. The molecule has 3 aromatic rings. The van der Waals surface area contributed by atoms with Gasteiger partial charge in [0.15, 0.2) is 0 Å². The molecule has 1 aliphatic rings. The normalized spacial score (nSPS) is 16.6. The van der Waals surface area contributed by atoms with E-state index in [0.717, 1.165) is 11.1 Å². The average Bonchev–Trinajstić information content (AvgIpc) is 3.14. The number of aliphatic hydroxyl groups excluding tert-OH is 1. The van der Waals surface area contributed by atoms with Crippen molar-refractivity contribution in [2.45, 2.75) is 26.8 Å². The maximum absolute atomic E-state index is 13.5. The van der Waals surface area contributed by atoms with Gasteiger partial charge < -0.3 is 19.3 Å². The number of carbonyl (C=O) groups excluding carboxylic acids is 3. The largest absolute Gasteiger partial charge is 0.506 e. The smallest absolute Gasteiger partial charge is 0.308 e. The molecule has 0 saturated carbocycles. The van der Waals surface area contributed by atoms with Crippen LogP contribution < -0.4 is 19.1 Å². The third-order valence-electron chi connectivity index (χ3n) is 6.31. The maximum atomic E-state index is 13.5. The third-order valence-corrected chi connectivity index (χ3v) is 6.31. The number of Topliss-reactive ketones (excluding diaryl/α,β-unsaturated/α-hetero) is 1. The SMILES string of the molecule is COc1cccc(OC)c1/C(O)=C1\C(=O)C(=O)N(c2ccc(C)c(C)c2)C1c1cccc(OC(C)=O)c1. The van der Waals surface area contributed by atoms with Crippen molar-refractivity contribution in [3.05, 3.63) is 88.5 Å². The Balaban J connectivity index is 2.02. The number of esters is 1. The lowest BCUT2D eigenvalue weighted by Crippen LogP contribution is -2.29. The zero-order valence-corrected chi connectivity index (χ0v) is 21.2. The molecule has 1 N–H and O–H groups in total. The summed E-state index contributed by atoms with van der Waals surface area (Å²) in [6, 6.07) is 15.8. The van der Waals surface area contributed by atoms with Gasteiger partial charge in [-0.05, 0) is 66.9 Å². The van der Waals surface area contributed by atoms with Crippen LogP contribution in [0, 0.1) is 13.8 Å². The Hall–Kier alpha value is -4.59. The van der Waals surface area contributed by atoms with E-state index in [1.165, 1.54) is 26.0 Å². The summed E-state index contributed by atoms with van der Waals surface area (Å²) in [6.07, 6.45) is 0. The van der Waals surface area contributed by atoms with E-state index in [2.05, 4.69) is 0 Å². The molecule has 4 rings (SSSR count). The van der Waals surface area contributed by atoms with Gasteiger partial charge in [0.2, 0.25) is 0 Å². The number of carbonyl (C=O) groups is 3. The van der Waals surface area contributed by atoms with Crippen LogP contribution in [-0.4, -0.2) is 37.0 Å². The molecule has 0 aliphatic carbocycles.